The molecule has 0 unspecified atom stereocenters. The molecule has 0 saturated heterocycles. The van der Waals surface area contributed by atoms with Crippen LogP contribution >= 0.6 is 11.6 Å². The molecule has 0 aliphatic rings. The molecule has 0 fully saturated rings. The zero-order valence-electron chi connectivity index (χ0n) is 9.18. The predicted octanol–water partition coefficient (Wildman–Crippen LogP) is 1.91. The lowest BCUT2D eigenvalue weighted by Crippen LogP contribution is -2.03. The van der Waals surface area contributed by atoms with E-state index in [-0.39, 0.29) is 11.8 Å². The predicted molar refractivity (Wildman–Crippen MR) is 70.3 cm³/mol. The van der Waals surface area contributed by atoms with Crippen LogP contribution < -0.4 is 16.8 Å². The van der Waals surface area contributed by atoms with Crippen molar-refractivity contribution in [2.75, 3.05) is 16.8 Å². The highest BCUT2D eigenvalue weighted by Gasteiger charge is 2.05. The Bertz CT molecular complexity index is 614. The van der Waals surface area contributed by atoms with Gasteiger partial charge in [0.05, 0.1) is 11.3 Å². The molecule has 0 aliphatic carbocycles. The molecule has 0 spiro atoms. The molecule has 1 aromatic carbocycles. The average Bonchev–Trinajstić information content (AvgIpc) is 2.27. The number of rotatable bonds is 2. The van der Waals surface area contributed by atoms with Crippen molar-refractivity contribution in [3.8, 4) is 6.07 Å². The fraction of sp³-hybridized carbons (Fsp3) is 0. The van der Waals surface area contributed by atoms with E-state index in [4.69, 9.17) is 28.3 Å². The SMILES string of the molecule is N#Cc1ccc(Cl)cc1Nc1cc(N)nc(N)n1. The van der Waals surface area contributed by atoms with Crippen molar-refractivity contribution in [3.05, 3.63) is 34.9 Å². The zero-order valence-corrected chi connectivity index (χ0v) is 9.94. The summed E-state index contributed by atoms with van der Waals surface area (Å²) in [5.41, 5.74) is 12.0. The van der Waals surface area contributed by atoms with Gasteiger partial charge >= 0.3 is 0 Å². The summed E-state index contributed by atoms with van der Waals surface area (Å²) in [6.07, 6.45) is 0. The second kappa shape index (κ2) is 4.77. The molecule has 0 bridgehead atoms. The van der Waals surface area contributed by atoms with Gasteiger partial charge in [-0.1, -0.05) is 11.6 Å². The van der Waals surface area contributed by atoms with Gasteiger partial charge in [-0.3, -0.25) is 0 Å². The topological polar surface area (TPSA) is 114 Å². The van der Waals surface area contributed by atoms with E-state index in [1.54, 1.807) is 18.2 Å². The molecule has 1 aromatic heterocycles. The molecule has 0 aliphatic heterocycles. The fourth-order valence-electron chi connectivity index (χ4n) is 1.40. The zero-order chi connectivity index (χ0) is 13.1. The van der Waals surface area contributed by atoms with E-state index in [1.807, 2.05) is 6.07 Å². The van der Waals surface area contributed by atoms with E-state index < -0.39 is 0 Å². The molecule has 7 heteroatoms. The highest BCUT2D eigenvalue weighted by atomic mass is 35.5. The highest BCUT2D eigenvalue weighted by Crippen LogP contribution is 2.24. The van der Waals surface area contributed by atoms with Crippen molar-refractivity contribution in [1.29, 1.82) is 5.26 Å². The Morgan fingerprint density at radius 1 is 1.22 bits per heavy atom. The number of nitrogens with two attached hydrogens (primary N) is 2. The van der Waals surface area contributed by atoms with Gasteiger partial charge in [0.2, 0.25) is 5.95 Å². The van der Waals surface area contributed by atoms with Gasteiger partial charge in [0.1, 0.15) is 17.7 Å². The van der Waals surface area contributed by atoms with Gasteiger partial charge in [-0.05, 0) is 18.2 Å². The third-order valence-electron chi connectivity index (χ3n) is 2.13. The van der Waals surface area contributed by atoms with Crippen LogP contribution in [0.15, 0.2) is 24.3 Å². The first-order valence-corrected chi connectivity index (χ1v) is 5.33. The van der Waals surface area contributed by atoms with Crippen LogP contribution in [-0.2, 0) is 0 Å². The molecule has 0 atom stereocenters. The molecule has 0 amide bonds. The number of nitrogen functional groups attached to an aromatic ring is 2. The number of anilines is 4. The average molecular weight is 261 g/mol. The maximum Gasteiger partial charge on any atom is 0.223 e. The summed E-state index contributed by atoms with van der Waals surface area (Å²) in [7, 11) is 0. The van der Waals surface area contributed by atoms with Crippen LogP contribution in [0.1, 0.15) is 5.56 Å². The first kappa shape index (κ1) is 12.0. The van der Waals surface area contributed by atoms with E-state index in [2.05, 4.69) is 15.3 Å². The highest BCUT2D eigenvalue weighted by molar-refractivity contribution is 6.30. The second-order valence-electron chi connectivity index (χ2n) is 3.46. The standard InChI is InChI=1S/C11H9ClN6/c12-7-2-1-6(5-13)8(3-7)16-10-4-9(14)17-11(15)18-10/h1-4H,(H5,14,15,16,17,18). The van der Waals surface area contributed by atoms with Gasteiger partial charge in [0, 0.05) is 11.1 Å². The molecule has 0 saturated carbocycles. The Morgan fingerprint density at radius 2 is 2.00 bits per heavy atom. The molecule has 5 N–H and O–H groups in total. The molecule has 18 heavy (non-hydrogen) atoms. The number of nitrogens with one attached hydrogen (secondary N) is 1. The Kier molecular flexibility index (Phi) is 3.17. The molecular weight excluding hydrogens is 252 g/mol. The summed E-state index contributed by atoms with van der Waals surface area (Å²) in [5, 5.41) is 12.4. The smallest absolute Gasteiger partial charge is 0.223 e. The van der Waals surface area contributed by atoms with Crippen molar-refractivity contribution in [3.63, 3.8) is 0 Å². The minimum absolute atomic E-state index is 0.0537. The number of hydrogen-bond donors (Lipinski definition) is 3. The molecule has 0 radical (unpaired) electrons. The molecule has 6 nitrogen and oxygen atoms in total. The first-order valence-electron chi connectivity index (χ1n) is 4.95. The Balaban J connectivity index is 2.39. The van der Waals surface area contributed by atoms with Crippen LogP contribution in [0.4, 0.5) is 23.3 Å². The van der Waals surface area contributed by atoms with Crippen molar-refractivity contribution >= 4 is 34.9 Å². The lowest BCUT2D eigenvalue weighted by Gasteiger charge is -2.08. The van der Waals surface area contributed by atoms with Gasteiger partial charge in [-0.15, -0.1) is 0 Å². The lowest BCUT2D eigenvalue weighted by atomic mass is 10.2. The number of hydrogen-bond acceptors (Lipinski definition) is 6. The van der Waals surface area contributed by atoms with Gasteiger partial charge in [-0.25, -0.2) is 0 Å². The maximum absolute atomic E-state index is 8.98. The van der Waals surface area contributed by atoms with Crippen LogP contribution in [0, 0.1) is 11.3 Å². The van der Waals surface area contributed by atoms with Crippen molar-refractivity contribution < 1.29 is 0 Å². The number of nitrogens with zero attached hydrogens (tertiary/aromatic N) is 3. The summed E-state index contributed by atoms with van der Waals surface area (Å²) in [5.74, 6) is 0.697. The van der Waals surface area contributed by atoms with Crippen LogP contribution in [-0.4, -0.2) is 9.97 Å². The Morgan fingerprint density at radius 3 is 2.67 bits per heavy atom. The summed E-state index contributed by atoms with van der Waals surface area (Å²) in [4.78, 5) is 7.71. The number of benzene rings is 1. The minimum atomic E-state index is 0.0537. The van der Waals surface area contributed by atoms with Crippen LogP contribution in [0.5, 0.6) is 0 Å². The summed E-state index contributed by atoms with van der Waals surface area (Å²) in [6.45, 7) is 0. The van der Waals surface area contributed by atoms with Crippen LogP contribution in [0.3, 0.4) is 0 Å². The second-order valence-corrected chi connectivity index (χ2v) is 3.90. The molecule has 90 valence electrons. The van der Waals surface area contributed by atoms with E-state index in [0.717, 1.165) is 0 Å². The lowest BCUT2D eigenvalue weighted by molar-refractivity contribution is 1.19. The van der Waals surface area contributed by atoms with Gasteiger partial charge < -0.3 is 16.8 Å². The quantitative estimate of drug-likeness (QED) is 0.760. The number of aromatic nitrogens is 2. The van der Waals surface area contributed by atoms with E-state index in [1.165, 1.54) is 6.07 Å². The summed E-state index contributed by atoms with van der Waals surface area (Å²) in [6, 6.07) is 8.42. The molecular formula is C11H9ClN6. The summed E-state index contributed by atoms with van der Waals surface area (Å²) < 4.78 is 0. The summed E-state index contributed by atoms with van der Waals surface area (Å²) >= 11 is 5.87. The van der Waals surface area contributed by atoms with Gasteiger partial charge in [0.15, 0.2) is 0 Å². The molecule has 2 aromatic rings. The van der Waals surface area contributed by atoms with Crippen molar-refractivity contribution in [2.45, 2.75) is 0 Å². The third kappa shape index (κ3) is 2.59. The number of nitriles is 1. The largest absolute Gasteiger partial charge is 0.383 e. The van der Waals surface area contributed by atoms with E-state index in [0.29, 0.717) is 22.1 Å². The molecule has 2 rings (SSSR count). The van der Waals surface area contributed by atoms with Crippen LogP contribution in [0.2, 0.25) is 5.02 Å². The van der Waals surface area contributed by atoms with E-state index >= 15 is 0 Å². The van der Waals surface area contributed by atoms with Gasteiger partial charge in [-0.2, -0.15) is 15.2 Å². The monoisotopic (exact) mass is 260 g/mol. The fourth-order valence-corrected chi connectivity index (χ4v) is 1.58. The molecule has 1 heterocycles. The Labute approximate surface area is 108 Å². The normalized spacial score (nSPS) is 9.78. The Hall–Kier alpha value is -2.52. The van der Waals surface area contributed by atoms with Gasteiger partial charge in [0.25, 0.3) is 0 Å². The van der Waals surface area contributed by atoms with Crippen molar-refractivity contribution in [1.82, 2.24) is 9.97 Å². The van der Waals surface area contributed by atoms with E-state index in [9.17, 15) is 0 Å². The minimum Gasteiger partial charge on any atom is -0.383 e. The third-order valence-corrected chi connectivity index (χ3v) is 2.36. The first-order chi connectivity index (χ1) is 8.58. The van der Waals surface area contributed by atoms with Crippen molar-refractivity contribution in [2.24, 2.45) is 0 Å². The maximum atomic E-state index is 8.98. The van der Waals surface area contributed by atoms with Crippen LogP contribution in [0.25, 0.3) is 0 Å². The number of halogens is 1.